The van der Waals surface area contributed by atoms with Crippen LogP contribution in [0.25, 0.3) is 0 Å². The molecule has 0 saturated heterocycles. The Morgan fingerprint density at radius 1 is 1.33 bits per heavy atom. The van der Waals surface area contributed by atoms with Crippen LogP contribution in [-0.2, 0) is 10.0 Å². The molecule has 0 aliphatic rings. The van der Waals surface area contributed by atoms with Crippen molar-refractivity contribution in [1.82, 2.24) is 10.2 Å². The lowest BCUT2D eigenvalue weighted by Gasteiger charge is -2.16. The summed E-state index contributed by atoms with van der Waals surface area (Å²) in [7, 11) is -2.15. The van der Waals surface area contributed by atoms with Crippen molar-refractivity contribution in [3.63, 3.8) is 0 Å². The van der Waals surface area contributed by atoms with Crippen molar-refractivity contribution >= 4 is 38.3 Å². The maximum atomic E-state index is 12.7. The summed E-state index contributed by atoms with van der Waals surface area (Å²) >= 11 is 2.75. The van der Waals surface area contributed by atoms with Crippen LogP contribution < -0.4 is 9.46 Å². The number of nitrogens with one attached hydrogen (secondary N) is 1. The summed E-state index contributed by atoms with van der Waals surface area (Å²) in [6, 6.07) is 3.42. The molecular formula is C15H21N3O3S3. The van der Waals surface area contributed by atoms with Crippen LogP contribution in [0.3, 0.4) is 0 Å². The van der Waals surface area contributed by atoms with Crippen LogP contribution in [0.15, 0.2) is 21.4 Å². The average Bonchev–Trinajstić information content (AvgIpc) is 2.93. The van der Waals surface area contributed by atoms with Gasteiger partial charge in [0.2, 0.25) is 5.13 Å². The number of hydrogen-bond acceptors (Lipinski definition) is 7. The Bertz CT molecular complexity index is 817. The summed E-state index contributed by atoms with van der Waals surface area (Å²) in [6.45, 7) is 7.75. The van der Waals surface area contributed by atoms with Crippen molar-refractivity contribution < 1.29 is 13.2 Å². The predicted octanol–water partition coefficient (Wildman–Crippen LogP) is 3.89. The number of anilines is 1. The topological polar surface area (TPSA) is 81.2 Å². The van der Waals surface area contributed by atoms with Crippen molar-refractivity contribution in [2.24, 2.45) is 0 Å². The first-order chi connectivity index (χ1) is 11.3. The molecule has 2 rings (SSSR count). The van der Waals surface area contributed by atoms with Gasteiger partial charge in [-0.1, -0.05) is 43.9 Å². The Labute approximate surface area is 151 Å². The molecule has 1 heterocycles. The smallest absolute Gasteiger partial charge is 0.263 e. The number of aryl methyl sites for hydroxylation is 1. The third-order valence-corrected chi connectivity index (χ3v) is 6.80. The Morgan fingerprint density at radius 2 is 2.04 bits per heavy atom. The highest BCUT2D eigenvalue weighted by molar-refractivity contribution is 8.01. The molecule has 2 aromatic rings. The fourth-order valence-corrected chi connectivity index (χ4v) is 5.34. The summed E-state index contributed by atoms with van der Waals surface area (Å²) in [6.07, 6.45) is 0. The first-order valence-electron chi connectivity index (χ1n) is 7.46. The average molecular weight is 388 g/mol. The van der Waals surface area contributed by atoms with Crippen LogP contribution in [-0.4, -0.2) is 31.5 Å². The van der Waals surface area contributed by atoms with Gasteiger partial charge in [0.25, 0.3) is 10.0 Å². The lowest BCUT2D eigenvalue weighted by atomic mass is 10.0. The van der Waals surface area contributed by atoms with Gasteiger partial charge in [0, 0.05) is 0 Å². The van der Waals surface area contributed by atoms with Gasteiger partial charge in [-0.25, -0.2) is 8.42 Å². The van der Waals surface area contributed by atoms with Crippen LogP contribution in [0.1, 0.15) is 37.8 Å². The molecule has 132 valence electrons. The number of ether oxygens (including phenoxy) is 1. The van der Waals surface area contributed by atoms with Gasteiger partial charge in [0.1, 0.15) is 5.75 Å². The number of methoxy groups -OCH3 is 1. The summed E-state index contributed by atoms with van der Waals surface area (Å²) in [5.41, 5.74) is 1.47. The fraction of sp³-hybridized carbons (Fsp3) is 0.467. The number of rotatable bonds is 7. The van der Waals surface area contributed by atoms with Crippen molar-refractivity contribution in [3.8, 4) is 5.75 Å². The highest BCUT2D eigenvalue weighted by Crippen LogP contribution is 2.33. The lowest BCUT2D eigenvalue weighted by molar-refractivity contribution is 0.406. The molecule has 0 radical (unpaired) electrons. The monoisotopic (exact) mass is 387 g/mol. The van der Waals surface area contributed by atoms with E-state index in [0.29, 0.717) is 11.3 Å². The van der Waals surface area contributed by atoms with Crippen LogP contribution >= 0.6 is 23.1 Å². The van der Waals surface area contributed by atoms with E-state index >= 15 is 0 Å². The molecule has 0 amide bonds. The van der Waals surface area contributed by atoms with Gasteiger partial charge in [0.05, 0.1) is 12.0 Å². The van der Waals surface area contributed by atoms with E-state index in [0.717, 1.165) is 15.7 Å². The largest absolute Gasteiger partial charge is 0.496 e. The molecule has 1 aromatic heterocycles. The molecule has 0 saturated carbocycles. The SMILES string of the molecule is CCSc1nnc(NS(=O)(=O)c2cc(C(C)C)c(OC)cc2C)s1. The van der Waals surface area contributed by atoms with Crippen LogP contribution in [0.5, 0.6) is 5.75 Å². The van der Waals surface area contributed by atoms with E-state index in [1.165, 1.54) is 23.1 Å². The minimum atomic E-state index is -3.73. The van der Waals surface area contributed by atoms with E-state index in [9.17, 15) is 8.42 Å². The number of aromatic nitrogens is 2. The summed E-state index contributed by atoms with van der Waals surface area (Å²) in [5.74, 6) is 1.69. The van der Waals surface area contributed by atoms with Gasteiger partial charge in [0.15, 0.2) is 4.34 Å². The summed E-state index contributed by atoms with van der Waals surface area (Å²) in [4.78, 5) is 0.229. The molecule has 0 aliphatic carbocycles. The second-order valence-corrected chi connectivity index (χ2v) is 9.57. The van der Waals surface area contributed by atoms with E-state index in [4.69, 9.17) is 4.74 Å². The van der Waals surface area contributed by atoms with E-state index in [2.05, 4.69) is 14.9 Å². The predicted molar refractivity (Wildman–Crippen MR) is 98.9 cm³/mol. The first kappa shape index (κ1) is 19.0. The molecule has 0 spiro atoms. The molecule has 0 fully saturated rings. The second-order valence-electron chi connectivity index (χ2n) is 5.43. The molecular weight excluding hydrogens is 366 g/mol. The maximum absolute atomic E-state index is 12.7. The second kappa shape index (κ2) is 7.71. The van der Waals surface area contributed by atoms with Crippen molar-refractivity contribution in [3.05, 3.63) is 23.3 Å². The van der Waals surface area contributed by atoms with Crippen LogP contribution in [0.4, 0.5) is 5.13 Å². The Hall–Kier alpha value is -1.32. The number of thioether (sulfide) groups is 1. The van der Waals surface area contributed by atoms with Crippen LogP contribution in [0, 0.1) is 6.92 Å². The van der Waals surface area contributed by atoms with Gasteiger partial charge < -0.3 is 4.74 Å². The van der Waals surface area contributed by atoms with E-state index in [1.54, 1.807) is 26.2 Å². The van der Waals surface area contributed by atoms with E-state index in [1.807, 2.05) is 20.8 Å². The van der Waals surface area contributed by atoms with Gasteiger partial charge in [-0.15, -0.1) is 10.2 Å². The molecule has 6 nitrogen and oxygen atoms in total. The Balaban J connectivity index is 2.39. The summed E-state index contributed by atoms with van der Waals surface area (Å²) in [5, 5.41) is 8.13. The van der Waals surface area contributed by atoms with Crippen LogP contribution in [0.2, 0.25) is 0 Å². The highest BCUT2D eigenvalue weighted by Gasteiger charge is 2.22. The number of sulfonamides is 1. The van der Waals surface area contributed by atoms with Crippen molar-refractivity contribution in [1.29, 1.82) is 0 Å². The molecule has 0 bridgehead atoms. The molecule has 0 unspecified atom stereocenters. The van der Waals surface area contributed by atoms with Gasteiger partial charge in [-0.2, -0.15) is 0 Å². The van der Waals surface area contributed by atoms with Crippen molar-refractivity contribution in [2.75, 3.05) is 17.6 Å². The summed E-state index contributed by atoms with van der Waals surface area (Å²) < 4.78 is 34.1. The Kier molecular flexibility index (Phi) is 6.11. The third kappa shape index (κ3) is 4.20. The molecule has 1 aromatic carbocycles. The zero-order valence-corrected chi connectivity index (χ0v) is 16.7. The van der Waals surface area contributed by atoms with Gasteiger partial charge in [-0.3, -0.25) is 4.72 Å². The number of hydrogen-bond donors (Lipinski definition) is 1. The van der Waals surface area contributed by atoms with E-state index in [-0.39, 0.29) is 15.9 Å². The third-order valence-electron chi connectivity index (χ3n) is 3.33. The Morgan fingerprint density at radius 3 is 2.62 bits per heavy atom. The minimum Gasteiger partial charge on any atom is -0.496 e. The normalized spacial score (nSPS) is 11.8. The van der Waals surface area contributed by atoms with Crippen molar-refractivity contribution in [2.45, 2.75) is 42.8 Å². The molecule has 1 N–H and O–H groups in total. The number of benzene rings is 1. The molecule has 0 aliphatic heterocycles. The van der Waals surface area contributed by atoms with Gasteiger partial charge >= 0.3 is 0 Å². The zero-order chi connectivity index (χ0) is 17.9. The van der Waals surface area contributed by atoms with Gasteiger partial charge in [-0.05, 0) is 41.9 Å². The maximum Gasteiger partial charge on any atom is 0.263 e. The zero-order valence-electron chi connectivity index (χ0n) is 14.3. The lowest BCUT2D eigenvalue weighted by Crippen LogP contribution is -2.15. The fourth-order valence-electron chi connectivity index (χ4n) is 2.20. The first-order valence-corrected chi connectivity index (χ1v) is 10.7. The standard InChI is InChI=1S/C15H21N3O3S3/c1-6-22-15-17-16-14(23-15)18-24(19,20)13-8-11(9(2)3)12(21-5)7-10(13)4/h7-9H,6H2,1-5H3,(H,16,18). The minimum absolute atomic E-state index is 0.142. The molecule has 0 atom stereocenters. The van der Waals surface area contributed by atoms with E-state index < -0.39 is 10.0 Å². The number of nitrogens with zero attached hydrogens (tertiary/aromatic N) is 2. The molecule has 24 heavy (non-hydrogen) atoms. The molecule has 9 heteroatoms. The quantitative estimate of drug-likeness (QED) is 0.726. The highest BCUT2D eigenvalue weighted by atomic mass is 32.2.